The summed E-state index contributed by atoms with van der Waals surface area (Å²) < 4.78 is 4.64. The maximum atomic E-state index is 12.7. The fourth-order valence-corrected chi connectivity index (χ4v) is 2.86. The Morgan fingerprint density at radius 3 is 2.77 bits per heavy atom. The number of ether oxygens (including phenoxy) is 1. The molecule has 7 heteroatoms. The Kier molecular flexibility index (Phi) is 3.01. The number of methoxy groups -OCH3 is 1. The molecule has 2 atom stereocenters. The lowest BCUT2D eigenvalue weighted by Gasteiger charge is -2.20. The van der Waals surface area contributed by atoms with Crippen LogP contribution in [0.2, 0.25) is 0 Å². The molecule has 0 aliphatic carbocycles. The van der Waals surface area contributed by atoms with Crippen LogP contribution in [0.5, 0.6) is 0 Å². The van der Waals surface area contributed by atoms with E-state index in [0.717, 1.165) is 10.5 Å². The number of esters is 1. The van der Waals surface area contributed by atoms with Crippen molar-refractivity contribution in [3.63, 3.8) is 0 Å². The van der Waals surface area contributed by atoms with Crippen LogP contribution in [0.25, 0.3) is 0 Å². The largest absolute Gasteiger partial charge is 0.464 e. The minimum Gasteiger partial charge on any atom is -0.464 e. The summed E-state index contributed by atoms with van der Waals surface area (Å²) in [7, 11) is 1.21. The summed E-state index contributed by atoms with van der Waals surface area (Å²) in [6, 6.07) is 7.07. The predicted octanol–water partition coefficient (Wildman–Crippen LogP) is 0.375. The molecule has 0 saturated carbocycles. The first-order valence-electron chi connectivity index (χ1n) is 6.78. The number of hydrogen-bond acceptors (Lipinski definition) is 6. The zero-order valence-electron chi connectivity index (χ0n) is 12.4. The molecular weight excluding hydrogens is 286 g/mol. The Balaban J connectivity index is 2.05. The molecule has 0 aromatic heterocycles. The number of benzene rings is 1. The summed E-state index contributed by atoms with van der Waals surface area (Å²) in [4.78, 5) is 38.3. The van der Waals surface area contributed by atoms with Gasteiger partial charge in [0.15, 0.2) is 5.71 Å². The van der Waals surface area contributed by atoms with E-state index in [0.29, 0.717) is 5.69 Å². The van der Waals surface area contributed by atoms with E-state index in [1.165, 1.54) is 7.11 Å². The van der Waals surface area contributed by atoms with Crippen molar-refractivity contribution in [1.29, 1.82) is 0 Å². The molecule has 1 fully saturated rings. The molecule has 0 unspecified atom stereocenters. The monoisotopic (exact) mass is 301 g/mol. The molecule has 2 aliphatic heterocycles. The number of carbonyl (C=O) groups excluding carboxylic acids is 3. The molecule has 2 heterocycles. The molecule has 114 valence electrons. The summed E-state index contributed by atoms with van der Waals surface area (Å²) in [6.45, 7) is 3.43. The van der Waals surface area contributed by atoms with E-state index >= 15 is 0 Å². The van der Waals surface area contributed by atoms with Gasteiger partial charge in [0, 0.05) is 0 Å². The molecule has 1 N–H and O–H groups in total. The molecule has 2 aliphatic rings. The maximum Gasteiger partial charge on any atom is 0.355 e. The number of fused-ring (bicyclic) bond motifs is 1. The standard InChI is InChI=1S/C15H15N3O4/c1-8-5-4-6-9(7-8)18-12(19)10-11(13(20)22-3)16-17-15(10,2)14(18)21/h4-7,10,17H,1-3H3/t10-,15+/m1/s1. The lowest BCUT2D eigenvalue weighted by atomic mass is 9.86. The molecule has 0 radical (unpaired) electrons. The van der Waals surface area contributed by atoms with Crippen LogP contribution in [-0.2, 0) is 19.1 Å². The fourth-order valence-electron chi connectivity index (χ4n) is 2.86. The third-order valence-corrected chi connectivity index (χ3v) is 4.03. The zero-order chi connectivity index (χ0) is 16.1. The Morgan fingerprint density at radius 1 is 1.41 bits per heavy atom. The van der Waals surface area contributed by atoms with Crippen LogP contribution in [0.15, 0.2) is 29.4 Å². The number of nitrogens with zero attached hydrogens (tertiary/aromatic N) is 2. The van der Waals surface area contributed by atoms with Crippen molar-refractivity contribution in [2.24, 2.45) is 11.0 Å². The van der Waals surface area contributed by atoms with E-state index in [-0.39, 0.29) is 5.71 Å². The van der Waals surface area contributed by atoms with Gasteiger partial charge >= 0.3 is 5.97 Å². The summed E-state index contributed by atoms with van der Waals surface area (Å²) in [6.07, 6.45) is 0. The molecule has 1 aromatic carbocycles. The van der Waals surface area contributed by atoms with Gasteiger partial charge < -0.3 is 4.74 Å². The number of rotatable bonds is 2. The van der Waals surface area contributed by atoms with Crippen molar-refractivity contribution in [3.8, 4) is 0 Å². The van der Waals surface area contributed by atoms with Crippen LogP contribution in [0.4, 0.5) is 5.69 Å². The molecule has 2 amide bonds. The highest BCUT2D eigenvalue weighted by atomic mass is 16.5. The van der Waals surface area contributed by atoms with Crippen LogP contribution in [0, 0.1) is 12.8 Å². The lowest BCUT2D eigenvalue weighted by molar-refractivity contribution is -0.133. The number of imide groups is 1. The first-order valence-corrected chi connectivity index (χ1v) is 6.78. The second-order valence-corrected chi connectivity index (χ2v) is 5.55. The second-order valence-electron chi connectivity index (χ2n) is 5.55. The normalized spacial score (nSPS) is 26.6. The molecule has 7 nitrogen and oxygen atoms in total. The fraction of sp³-hybridized carbons (Fsp3) is 0.333. The van der Waals surface area contributed by atoms with E-state index in [1.54, 1.807) is 25.1 Å². The number of hydrogen-bond donors (Lipinski definition) is 1. The van der Waals surface area contributed by atoms with E-state index in [2.05, 4.69) is 15.3 Å². The average molecular weight is 301 g/mol. The number of hydrazone groups is 1. The number of anilines is 1. The SMILES string of the molecule is COC(=O)C1=NN[C@]2(C)C(=O)N(c3cccc(C)c3)C(=O)[C@@H]12. The summed E-state index contributed by atoms with van der Waals surface area (Å²) in [5.74, 6) is -2.61. The van der Waals surface area contributed by atoms with Crippen LogP contribution in [0.1, 0.15) is 12.5 Å². The topological polar surface area (TPSA) is 88.1 Å². The predicted molar refractivity (Wildman–Crippen MR) is 78.2 cm³/mol. The Morgan fingerprint density at radius 2 is 2.14 bits per heavy atom. The highest BCUT2D eigenvalue weighted by Crippen LogP contribution is 2.38. The average Bonchev–Trinajstić information content (AvgIpc) is 2.93. The van der Waals surface area contributed by atoms with Gasteiger partial charge in [0.1, 0.15) is 11.5 Å². The molecule has 0 spiro atoms. The van der Waals surface area contributed by atoms with Gasteiger partial charge in [-0.15, -0.1) is 0 Å². The van der Waals surface area contributed by atoms with E-state index < -0.39 is 29.2 Å². The van der Waals surface area contributed by atoms with E-state index in [1.807, 2.05) is 13.0 Å². The Hall–Kier alpha value is -2.70. The molecule has 0 bridgehead atoms. The molecular formula is C15H15N3O4. The van der Waals surface area contributed by atoms with Gasteiger partial charge in [0.2, 0.25) is 5.91 Å². The van der Waals surface area contributed by atoms with Crippen molar-refractivity contribution in [1.82, 2.24) is 5.43 Å². The van der Waals surface area contributed by atoms with E-state index in [9.17, 15) is 14.4 Å². The molecule has 3 rings (SSSR count). The Bertz CT molecular complexity index is 727. The zero-order valence-corrected chi connectivity index (χ0v) is 12.4. The first kappa shape index (κ1) is 14.2. The third-order valence-electron chi connectivity index (χ3n) is 4.03. The van der Waals surface area contributed by atoms with Crippen molar-refractivity contribution >= 4 is 29.2 Å². The quantitative estimate of drug-likeness (QED) is 0.630. The molecule has 22 heavy (non-hydrogen) atoms. The van der Waals surface area contributed by atoms with Crippen LogP contribution in [0.3, 0.4) is 0 Å². The summed E-state index contributed by atoms with van der Waals surface area (Å²) >= 11 is 0. The lowest BCUT2D eigenvalue weighted by Crippen LogP contribution is -2.48. The van der Waals surface area contributed by atoms with Gasteiger partial charge in [-0.2, -0.15) is 5.10 Å². The van der Waals surface area contributed by atoms with Crippen molar-refractivity contribution in [2.75, 3.05) is 12.0 Å². The van der Waals surface area contributed by atoms with Crippen molar-refractivity contribution in [3.05, 3.63) is 29.8 Å². The minimum absolute atomic E-state index is 0.0708. The number of amides is 2. The summed E-state index contributed by atoms with van der Waals surface area (Å²) in [5, 5.41) is 3.83. The van der Waals surface area contributed by atoms with Gasteiger partial charge in [-0.25, -0.2) is 9.69 Å². The highest BCUT2D eigenvalue weighted by molar-refractivity contribution is 6.47. The van der Waals surface area contributed by atoms with Crippen molar-refractivity contribution in [2.45, 2.75) is 19.4 Å². The smallest absolute Gasteiger partial charge is 0.355 e. The van der Waals surface area contributed by atoms with Gasteiger partial charge in [-0.1, -0.05) is 12.1 Å². The number of nitrogens with one attached hydrogen (secondary N) is 1. The molecule has 1 saturated heterocycles. The van der Waals surface area contributed by atoms with Crippen LogP contribution in [-0.4, -0.2) is 36.1 Å². The maximum absolute atomic E-state index is 12.7. The van der Waals surface area contributed by atoms with Gasteiger partial charge in [0.05, 0.1) is 12.8 Å². The Labute approximate surface area is 126 Å². The molecule has 1 aromatic rings. The number of carbonyl (C=O) groups is 3. The minimum atomic E-state index is -1.26. The van der Waals surface area contributed by atoms with Gasteiger partial charge in [-0.05, 0) is 31.5 Å². The third kappa shape index (κ3) is 1.75. The van der Waals surface area contributed by atoms with E-state index in [4.69, 9.17) is 0 Å². The van der Waals surface area contributed by atoms with Crippen molar-refractivity contribution < 1.29 is 19.1 Å². The summed E-state index contributed by atoms with van der Waals surface area (Å²) in [5.41, 5.74) is 2.71. The van der Waals surface area contributed by atoms with Gasteiger partial charge in [0.25, 0.3) is 5.91 Å². The first-order chi connectivity index (χ1) is 10.4. The van der Waals surface area contributed by atoms with Gasteiger partial charge in [-0.3, -0.25) is 15.0 Å². The van der Waals surface area contributed by atoms with Crippen LogP contribution >= 0.6 is 0 Å². The highest BCUT2D eigenvalue weighted by Gasteiger charge is 2.63. The second kappa shape index (κ2) is 4.66. The number of aryl methyl sites for hydroxylation is 1. The van der Waals surface area contributed by atoms with Crippen LogP contribution < -0.4 is 10.3 Å².